The van der Waals surface area contributed by atoms with Crippen molar-refractivity contribution in [2.24, 2.45) is 5.92 Å². The van der Waals surface area contributed by atoms with E-state index in [1.54, 1.807) is 12.1 Å². The minimum absolute atomic E-state index is 0.138. The van der Waals surface area contributed by atoms with Crippen molar-refractivity contribution < 1.29 is 20.1 Å². The van der Waals surface area contributed by atoms with Gasteiger partial charge in [0.2, 0.25) is 0 Å². The van der Waals surface area contributed by atoms with Gasteiger partial charge in [0, 0.05) is 11.3 Å². The van der Waals surface area contributed by atoms with Gasteiger partial charge in [0.1, 0.15) is 5.75 Å². The van der Waals surface area contributed by atoms with Crippen LogP contribution < -0.4 is 0 Å². The van der Waals surface area contributed by atoms with Gasteiger partial charge in [-0.15, -0.1) is 6.58 Å². The third kappa shape index (κ3) is 6.78. The molecule has 0 amide bonds. The van der Waals surface area contributed by atoms with Crippen LogP contribution in [0, 0.1) is 5.92 Å². The van der Waals surface area contributed by atoms with E-state index in [1.165, 1.54) is 5.57 Å². The molecule has 0 heterocycles. The largest absolute Gasteiger partial charge is 0.507 e. The molecule has 0 aliphatic rings. The van der Waals surface area contributed by atoms with Crippen molar-refractivity contribution >= 4 is 16.8 Å². The summed E-state index contributed by atoms with van der Waals surface area (Å²) in [5, 5.41) is 33.3. The van der Waals surface area contributed by atoms with E-state index in [2.05, 4.69) is 19.6 Å². The Morgan fingerprint density at radius 2 is 1.64 bits per heavy atom. The normalized spacial score (nSPS) is 14.7. The second-order valence-electron chi connectivity index (χ2n) is 8.36. The van der Waals surface area contributed by atoms with E-state index in [-0.39, 0.29) is 12.4 Å². The van der Waals surface area contributed by atoms with Gasteiger partial charge in [0.05, 0.1) is 25.4 Å². The fraction of sp³-hybridized carbons (Fsp3) is 0.310. The molecule has 3 N–H and O–H groups in total. The molecule has 0 fully saturated rings. The number of allylic oxidation sites excluding steroid dienone is 1. The van der Waals surface area contributed by atoms with Crippen LogP contribution in [0.4, 0.5) is 0 Å². The highest BCUT2D eigenvalue weighted by Gasteiger charge is 2.24. The molecule has 0 aliphatic heterocycles. The zero-order valence-corrected chi connectivity index (χ0v) is 19.2. The Bertz CT molecular complexity index is 1060. The second-order valence-corrected chi connectivity index (χ2v) is 8.36. The fourth-order valence-electron chi connectivity index (χ4n) is 4.08. The standard InChI is InChI=1S/C29H34O4/c1-3-21(18-23-15-17-28(31)26-13-9-8-12-25(23)26)14-16-27(30)24(4-2)29(32)20-33-19-22-10-6-5-7-11-22/h4-13,15,17-18,24,27,29-32H,2-3,14,16,19-20H2,1H3/b21-18+/t24-,27-,29-/m1/s1. The number of hydrogen-bond acceptors (Lipinski definition) is 4. The minimum Gasteiger partial charge on any atom is -0.507 e. The Kier molecular flexibility index (Phi) is 9.25. The Morgan fingerprint density at radius 3 is 2.33 bits per heavy atom. The van der Waals surface area contributed by atoms with E-state index in [0.29, 0.717) is 19.4 Å². The van der Waals surface area contributed by atoms with E-state index in [0.717, 1.165) is 28.3 Å². The number of phenolic OH excluding ortho intramolecular Hbond substituents is 1. The highest BCUT2D eigenvalue weighted by atomic mass is 16.5. The number of benzene rings is 3. The highest BCUT2D eigenvalue weighted by molar-refractivity contribution is 5.94. The molecular formula is C29H34O4. The smallest absolute Gasteiger partial charge is 0.123 e. The zero-order valence-electron chi connectivity index (χ0n) is 19.2. The number of aliphatic hydroxyl groups excluding tert-OH is 2. The molecule has 3 aromatic rings. The number of phenols is 1. The van der Waals surface area contributed by atoms with Gasteiger partial charge in [0.25, 0.3) is 0 Å². The van der Waals surface area contributed by atoms with Crippen LogP contribution in [-0.2, 0) is 11.3 Å². The molecule has 0 unspecified atom stereocenters. The first kappa shape index (κ1) is 24.7. The molecule has 0 radical (unpaired) electrons. The van der Waals surface area contributed by atoms with Crippen molar-refractivity contribution in [2.45, 2.75) is 45.0 Å². The number of rotatable bonds is 12. The molecule has 0 aromatic heterocycles. The predicted molar refractivity (Wildman–Crippen MR) is 135 cm³/mol. The molecule has 4 heteroatoms. The average Bonchev–Trinajstić information content (AvgIpc) is 2.84. The van der Waals surface area contributed by atoms with Crippen LogP contribution in [-0.4, -0.2) is 34.1 Å². The minimum atomic E-state index is -0.823. The Hall–Kier alpha value is -2.92. The SMILES string of the molecule is C=C[C@H]([C@H](O)CC/C(=C/c1ccc(O)c2ccccc12)CC)[C@H](O)COCc1ccccc1. The molecular weight excluding hydrogens is 412 g/mol. The van der Waals surface area contributed by atoms with E-state index < -0.39 is 18.1 Å². The summed E-state index contributed by atoms with van der Waals surface area (Å²) < 4.78 is 5.65. The first-order valence-electron chi connectivity index (χ1n) is 11.5. The van der Waals surface area contributed by atoms with Crippen LogP contribution in [0.25, 0.3) is 16.8 Å². The summed E-state index contributed by atoms with van der Waals surface area (Å²) in [4.78, 5) is 0. The van der Waals surface area contributed by atoms with Crippen LogP contribution in [0.1, 0.15) is 37.3 Å². The highest BCUT2D eigenvalue weighted by Crippen LogP contribution is 2.30. The van der Waals surface area contributed by atoms with Crippen molar-refractivity contribution in [3.63, 3.8) is 0 Å². The third-order valence-corrected chi connectivity index (χ3v) is 6.07. The van der Waals surface area contributed by atoms with Gasteiger partial charge in [-0.3, -0.25) is 0 Å². The lowest BCUT2D eigenvalue weighted by Crippen LogP contribution is -2.33. The van der Waals surface area contributed by atoms with Crippen LogP contribution in [0.2, 0.25) is 0 Å². The van der Waals surface area contributed by atoms with Gasteiger partial charge < -0.3 is 20.1 Å². The summed E-state index contributed by atoms with van der Waals surface area (Å²) in [5.41, 5.74) is 3.28. The maximum Gasteiger partial charge on any atom is 0.123 e. The number of hydrogen-bond donors (Lipinski definition) is 3. The van der Waals surface area contributed by atoms with Crippen molar-refractivity contribution in [1.29, 1.82) is 0 Å². The average molecular weight is 447 g/mol. The lowest BCUT2D eigenvalue weighted by atomic mass is 9.90. The summed E-state index contributed by atoms with van der Waals surface area (Å²) in [6.45, 7) is 6.46. The first-order valence-corrected chi connectivity index (χ1v) is 11.5. The van der Waals surface area contributed by atoms with Crippen LogP contribution in [0.5, 0.6) is 5.75 Å². The van der Waals surface area contributed by atoms with Gasteiger partial charge in [-0.1, -0.05) is 85.3 Å². The fourth-order valence-corrected chi connectivity index (χ4v) is 4.08. The molecule has 174 valence electrons. The Labute approximate surface area is 196 Å². The maximum atomic E-state index is 10.8. The Balaban J connectivity index is 1.59. The van der Waals surface area contributed by atoms with Gasteiger partial charge in [0.15, 0.2) is 0 Å². The first-order chi connectivity index (χ1) is 16.0. The molecule has 4 nitrogen and oxygen atoms in total. The van der Waals surface area contributed by atoms with Gasteiger partial charge in [-0.2, -0.15) is 0 Å². The van der Waals surface area contributed by atoms with Gasteiger partial charge in [-0.25, -0.2) is 0 Å². The number of fused-ring (bicyclic) bond motifs is 1. The monoisotopic (exact) mass is 446 g/mol. The molecule has 3 atom stereocenters. The third-order valence-electron chi connectivity index (χ3n) is 6.07. The lowest BCUT2D eigenvalue weighted by molar-refractivity contribution is -0.0273. The summed E-state index contributed by atoms with van der Waals surface area (Å²) in [7, 11) is 0. The van der Waals surface area contributed by atoms with Crippen molar-refractivity contribution in [3.8, 4) is 5.75 Å². The molecule has 3 rings (SSSR count). The predicted octanol–water partition coefficient (Wildman–Crippen LogP) is 5.86. The zero-order chi connectivity index (χ0) is 23.6. The molecule has 0 bridgehead atoms. The lowest BCUT2D eigenvalue weighted by Gasteiger charge is -2.25. The number of aromatic hydroxyl groups is 1. The van der Waals surface area contributed by atoms with E-state index in [9.17, 15) is 15.3 Å². The number of ether oxygens (including phenoxy) is 1. The van der Waals surface area contributed by atoms with E-state index in [1.807, 2.05) is 60.7 Å². The second kappa shape index (κ2) is 12.4. The maximum absolute atomic E-state index is 10.8. The van der Waals surface area contributed by atoms with Crippen molar-refractivity contribution in [2.75, 3.05) is 6.61 Å². The molecule has 0 saturated carbocycles. The van der Waals surface area contributed by atoms with Gasteiger partial charge in [-0.05, 0) is 41.8 Å². The van der Waals surface area contributed by atoms with Crippen molar-refractivity contribution in [3.05, 3.63) is 96.1 Å². The number of aliphatic hydroxyl groups is 2. The molecule has 0 aliphatic carbocycles. The molecule has 33 heavy (non-hydrogen) atoms. The molecule has 0 spiro atoms. The summed E-state index contributed by atoms with van der Waals surface area (Å²) in [6.07, 6.45) is 4.28. The van der Waals surface area contributed by atoms with Crippen molar-refractivity contribution in [1.82, 2.24) is 0 Å². The van der Waals surface area contributed by atoms with Gasteiger partial charge >= 0.3 is 0 Å². The summed E-state index contributed by atoms with van der Waals surface area (Å²) >= 11 is 0. The quantitative estimate of drug-likeness (QED) is 0.305. The van der Waals surface area contributed by atoms with Crippen LogP contribution in [0.15, 0.2) is 85.0 Å². The topological polar surface area (TPSA) is 69.9 Å². The van der Waals surface area contributed by atoms with Crippen LogP contribution in [0.3, 0.4) is 0 Å². The summed E-state index contributed by atoms with van der Waals surface area (Å²) in [6, 6.07) is 21.2. The van der Waals surface area contributed by atoms with E-state index in [4.69, 9.17) is 4.74 Å². The summed E-state index contributed by atoms with van der Waals surface area (Å²) in [5.74, 6) is -0.193. The van der Waals surface area contributed by atoms with E-state index >= 15 is 0 Å². The molecule has 0 saturated heterocycles. The van der Waals surface area contributed by atoms with Crippen LogP contribution >= 0.6 is 0 Å². The molecule has 3 aromatic carbocycles. The Morgan fingerprint density at radius 1 is 0.939 bits per heavy atom.